The van der Waals surface area contributed by atoms with Crippen LogP contribution < -0.4 is 15.8 Å². The molecule has 0 radical (unpaired) electrons. The van der Waals surface area contributed by atoms with Crippen molar-refractivity contribution in [2.24, 2.45) is 5.73 Å². The van der Waals surface area contributed by atoms with Crippen molar-refractivity contribution >= 4 is 38.5 Å². The Hall–Kier alpha value is -4.06. The number of carbonyl (C=O) groups excluding carboxylic acids is 2. The number of hydrogen-bond acceptors (Lipinski definition) is 7. The summed E-state index contributed by atoms with van der Waals surface area (Å²) in [4.78, 5) is 33.4. The molecule has 0 atom stereocenters. The van der Waals surface area contributed by atoms with Crippen molar-refractivity contribution in [3.8, 4) is 22.9 Å². The molecule has 2 heterocycles. The Morgan fingerprint density at radius 3 is 2.40 bits per heavy atom. The molecule has 4 rings (SSSR count). The molecule has 0 aliphatic rings. The number of ether oxygens (including phenoxy) is 1. The molecule has 12 heteroatoms. The maximum atomic E-state index is 12.8. The number of halogens is 3. The zero-order chi connectivity index (χ0) is 25.6. The van der Waals surface area contributed by atoms with E-state index in [2.05, 4.69) is 26.0 Å². The summed E-state index contributed by atoms with van der Waals surface area (Å²) in [5.74, 6) is 0.164. The molecular formula is C23H20F3N5O3S. The van der Waals surface area contributed by atoms with Gasteiger partial charge >= 0.3 is 6.18 Å². The van der Waals surface area contributed by atoms with Crippen molar-refractivity contribution in [3.63, 3.8) is 0 Å². The number of amides is 2. The lowest BCUT2D eigenvalue weighted by atomic mass is 10.1. The number of carbonyl (C=O) groups is 2. The van der Waals surface area contributed by atoms with Gasteiger partial charge in [-0.15, -0.1) is 0 Å². The van der Waals surface area contributed by atoms with Crippen LogP contribution in [-0.4, -0.2) is 26.8 Å². The van der Waals surface area contributed by atoms with Crippen LogP contribution >= 0.6 is 11.3 Å². The first-order valence-corrected chi connectivity index (χ1v) is 11.0. The van der Waals surface area contributed by atoms with Gasteiger partial charge in [0.1, 0.15) is 11.8 Å². The number of benzene rings is 2. The molecule has 4 aromatic rings. The monoisotopic (exact) mass is 503 g/mol. The largest absolute Gasteiger partial charge is 0.437 e. The van der Waals surface area contributed by atoms with Gasteiger partial charge in [-0.05, 0) is 24.3 Å². The minimum Gasteiger partial charge on any atom is -0.437 e. The number of hydrogen-bond donors (Lipinski definition) is 2. The van der Waals surface area contributed by atoms with Gasteiger partial charge in [-0.3, -0.25) is 9.59 Å². The van der Waals surface area contributed by atoms with E-state index in [0.29, 0.717) is 34.1 Å². The van der Waals surface area contributed by atoms with Gasteiger partial charge in [-0.25, -0.2) is 15.0 Å². The molecular weight excluding hydrogens is 483 g/mol. The van der Waals surface area contributed by atoms with Crippen LogP contribution in [0.1, 0.15) is 25.8 Å². The molecule has 35 heavy (non-hydrogen) atoms. The maximum Gasteiger partial charge on any atom is 0.416 e. The summed E-state index contributed by atoms with van der Waals surface area (Å²) in [5.41, 5.74) is 5.39. The first-order chi connectivity index (χ1) is 16.6. The minimum atomic E-state index is -4.40. The highest BCUT2D eigenvalue weighted by molar-refractivity contribution is 7.22. The van der Waals surface area contributed by atoms with Crippen LogP contribution in [-0.2, 0) is 15.8 Å². The van der Waals surface area contributed by atoms with E-state index in [1.54, 1.807) is 19.1 Å². The van der Waals surface area contributed by atoms with E-state index in [9.17, 15) is 22.8 Å². The minimum absolute atomic E-state index is 0.210. The van der Waals surface area contributed by atoms with Crippen LogP contribution in [0.3, 0.4) is 0 Å². The molecule has 2 aromatic heterocycles. The Balaban J connectivity index is 0.000000623. The van der Waals surface area contributed by atoms with Crippen LogP contribution in [0, 0.1) is 0 Å². The second kappa shape index (κ2) is 10.9. The van der Waals surface area contributed by atoms with Crippen molar-refractivity contribution in [3.05, 3.63) is 60.4 Å². The third-order valence-corrected chi connectivity index (χ3v) is 5.31. The smallest absolute Gasteiger partial charge is 0.416 e. The number of para-hydroxylation sites is 1. The second-order valence-electron chi connectivity index (χ2n) is 7.04. The van der Waals surface area contributed by atoms with Crippen molar-refractivity contribution in [2.45, 2.75) is 26.4 Å². The number of rotatable bonds is 5. The summed E-state index contributed by atoms with van der Waals surface area (Å²) in [5, 5.41) is 3.08. The molecule has 0 bridgehead atoms. The highest BCUT2D eigenvalue weighted by Gasteiger charge is 2.30. The number of primary amides is 1. The fourth-order valence-electron chi connectivity index (χ4n) is 2.71. The van der Waals surface area contributed by atoms with Crippen LogP contribution in [0.4, 0.5) is 18.3 Å². The second-order valence-corrected chi connectivity index (χ2v) is 8.07. The van der Waals surface area contributed by atoms with Crippen LogP contribution in [0.15, 0.2) is 54.9 Å². The Morgan fingerprint density at radius 2 is 1.80 bits per heavy atom. The van der Waals surface area contributed by atoms with Crippen molar-refractivity contribution in [1.82, 2.24) is 15.0 Å². The molecule has 0 saturated heterocycles. The zero-order valence-corrected chi connectivity index (χ0v) is 19.4. The molecule has 2 amide bonds. The molecule has 0 spiro atoms. The van der Waals surface area contributed by atoms with Crippen LogP contribution in [0.5, 0.6) is 11.6 Å². The molecule has 182 valence electrons. The van der Waals surface area contributed by atoms with E-state index in [1.165, 1.54) is 42.8 Å². The van der Waals surface area contributed by atoms with Crippen LogP contribution in [0.2, 0.25) is 0 Å². The highest BCUT2D eigenvalue weighted by atomic mass is 32.1. The van der Waals surface area contributed by atoms with Gasteiger partial charge in [-0.1, -0.05) is 36.5 Å². The number of thiazole rings is 1. The van der Waals surface area contributed by atoms with Gasteiger partial charge in [0.15, 0.2) is 10.9 Å². The van der Waals surface area contributed by atoms with Crippen molar-refractivity contribution in [2.75, 3.05) is 5.32 Å². The summed E-state index contributed by atoms with van der Waals surface area (Å²) in [6.07, 6.45) is -2.69. The van der Waals surface area contributed by atoms with E-state index >= 15 is 0 Å². The standard InChI is InChI=1S/C20H13F3N4O2S.C3H7NO/c1-11(28)26-19-27-18-15(3-2-4-16(18)30-19)29-17-9-14(24-10-25-17)12-5-7-13(8-6-12)20(21,22)23;1-2-3(4)5/h2-10H,1H3,(H,26,27,28);2H2,1H3,(H2,4,5). The lowest BCUT2D eigenvalue weighted by Crippen LogP contribution is -2.06. The van der Waals surface area contributed by atoms with Gasteiger partial charge in [0, 0.05) is 25.0 Å². The van der Waals surface area contributed by atoms with Gasteiger partial charge in [0.25, 0.3) is 0 Å². The average Bonchev–Trinajstić information content (AvgIpc) is 3.22. The summed E-state index contributed by atoms with van der Waals surface area (Å²) in [6.45, 7) is 3.12. The fourth-order valence-corrected chi connectivity index (χ4v) is 3.63. The number of aromatic nitrogens is 3. The Bertz CT molecular complexity index is 1340. The van der Waals surface area contributed by atoms with Gasteiger partial charge in [-0.2, -0.15) is 13.2 Å². The van der Waals surface area contributed by atoms with Crippen molar-refractivity contribution in [1.29, 1.82) is 0 Å². The average molecular weight is 504 g/mol. The summed E-state index contributed by atoms with van der Waals surface area (Å²) in [6, 6.07) is 11.5. The molecule has 2 aromatic carbocycles. The molecule has 3 N–H and O–H groups in total. The number of nitrogens with zero attached hydrogens (tertiary/aromatic N) is 3. The summed E-state index contributed by atoms with van der Waals surface area (Å²) >= 11 is 1.31. The molecule has 0 fully saturated rings. The predicted octanol–water partition coefficient (Wildman–Crippen LogP) is 5.40. The zero-order valence-electron chi connectivity index (χ0n) is 18.6. The normalized spacial score (nSPS) is 10.9. The van der Waals surface area contributed by atoms with E-state index in [4.69, 9.17) is 4.74 Å². The molecule has 0 unspecified atom stereocenters. The van der Waals surface area contributed by atoms with Gasteiger partial charge < -0.3 is 15.8 Å². The first kappa shape index (κ1) is 25.6. The Labute approximate surface area is 202 Å². The number of nitrogens with two attached hydrogens (primary N) is 1. The summed E-state index contributed by atoms with van der Waals surface area (Å²) in [7, 11) is 0. The molecule has 0 aliphatic heterocycles. The van der Waals surface area contributed by atoms with Gasteiger partial charge in [0.05, 0.1) is 16.0 Å². The highest BCUT2D eigenvalue weighted by Crippen LogP contribution is 2.35. The number of fused-ring (bicyclic) bond motifs is 1. The van der Waals surface area contributed by atoms with E-state index in [1.807, 2.05) is 6.07 Å². The van der Waals surface area contributed by atoms with E-state index in [0.717, 1.165) is 16.8 Å². The lowest BCUT2D eigenvalue weighted by Gasteiger charge is -2.09. The fraction of sp³-hybridized carbons (Fsp3) is 0.174. The van der Waals surface area contributed by atoms with Crippen molar-refractivity contribution < 1.29 is 27.5 Å². The Kier molecular flexibility index (Phi) is 7.97. The summed E-state index contributed by atoms with van der Waals surface area (Å²) < 4.78 is 44.9. The number of nitrogens with one attached hydrogen (secondary N) is 1. The predicted molar refractivity (Wildman–Crippen MR) is 126 cm³/mol. The third kappa shape index (κ3) is 6.96. The third-order valence-electron chi connectivity index (χ3n) is 4.38. The SMILES string of the molecule is CC(=O)Nc1nc2c(Oc3cc(-c4ccc(C(F)(F)F)cc4)ncn3)cccc2s1.CCC(N)=O. The number of alkyl halides is 3. The van der Waals surface area contributed by atoms with E-state index in [-0.39, 0.29) is 17.7 Å². The molecule has 0 saturated carbocycles. The Morgan fingerprint density at radius 1 is 1.11 bits per heavy atom. The number of anilines is 1. The lowest BCUT2D eigenvalue weighted by molar-refractivity contribution is -0.137. The van der Waals surface area contributed by atoms with Crippen LogP contribution in [0.25, 0.3) is 21.5 Å². The molecule has 8 nitrogen and oxygen atoms in total. The maximum absolute atomic E-state index is 12.8. The molecule has 0 aliphatic carbocycles. The topological polar surface area (TPSA) is 120 Å². The van der Waals surface area contributed by atoms with Gasteiger partial charge in [0.2, 0.25) is 17.7 Å². The van der Waals surface area contributed by atoms with E-state index < -0.39 is 11.7 Å². The quantitative estimate of drug-likeness (QED) is 0.376. The first-order valence-electron chi connectivity index (χ1n) is 10.2.